The summed E-state index contributed by atoms with van der Waals surface area (Å²) in [6, 6.07) is 2.94. The summed E-state index contributed by atoms with van der Waals surface area (Å²) in [6.07, 6.45) is 0.556. The van der Waals surface area contributed by atoms with Crippen LogP contribution in [0.15, 0.2) is 12.1 Å². The first kappa shape index (κ1) is 17.6. The average molecular weight is 316 g/mol. The molecule has 1 aromatic carbocycles. The molecule has 0 aliphatic heterocycles. The minimum absolute atomic E-state index is 0.291. The molecule has 5 nitrogen and oxygen atoms in total. The third-order valence-electron chi connectivity index (χ3n) is 3.11. The lowest BCUT2D eigenvalue weighted by atomic mass is 10.0. The summed E-state index contributed by atoms with van der Waals surface area (Å²) in [5, 5.41) is 12.7. The third-order valence-corrected chi connectivity index (χ3v) is 3.52. The van der Waals surface area contributed by atoms with Crippen molar-refractivity contribution in [1.82, 2.24) is 5.32 Å². The number of methoxy groups -OCH3 is 2. The number of hydrogen-bond acceptors (Lipinski definition) is 4. The Kier molecular flexibility index (Phi) is 6.78. The Hall–Kier alpha value is -1.46. The minimum atomic E-state index is -0.861. The molecule has 0 aliphatic carbocycles. The molecule has 0 aliphatic rings. The molecule has 0 aromatic heterocycles. The van der Waals surface area contributed by atoms with E-state index >= 15 is 0 Å². The molecule has 0 bridgehead atoms. The molecule has 1 rings (SSSR count). The van der Waals surface area contributed by atoms with E-state index in [0.29, 0.717) is 35.4 Å². The Morgan fingerprint density at radius 2 is 2.00 bits per heavy atom. The second-order valence-corrected chi connectivity index (χ2v) is 5.55. The Labute approximate surface area is 130 Å². The molecule has 1 aromatic rings. The van der Waals surface area contributed by atoms with Crippen LogP contribution in [0.25, 0.3) is 0 Å². The van der Waals surface area contributed by atoms with Gasteiger partial charge in [-0.2, -0.15) is 0 Å². The molecule has 0 fully saturated rings. The van der Waals surface area contributed by atoms with E-state index in [1.165, 1.54) is 14.2 Å². The van der Waals surface area contributed by atoms with E-state index < -0.39 is 12.0 Å². The van der Waals surface area contributed by atoms with E-state index in [1.807, 2.05) is 13.8 Å². The number of ether oxygens (including phenoxy) is 2. The Morgan fingerprint density at radius 3 is 2.48 bits per heavy atom. The fourth-order valence-corrected chi connectivity index (χ4v) is 2.34. The highest BCUT2D eigenvalue weighted by Gasteiger charge is 2.19. The highest BCUT2D eigenvalue weighted by atomic mass is 35.5. The van der Waals surface area contributed by atoms with Gasteiger partial charge in [-0.3, -0.25) is 4.79 Å². The van der Waals surface area contributed by atoms with Crippen LogP contribution in [-0.4, -0.2) is 31.3 Å². The predicted molar refractivity (Wildman–Crippen MR) is 82.3 cm³/mol. The van der Waals surface area contributed by atoms with Gasteiger partial charge in [0.25, 0.3) is 0 Å². The number of benzene rings is 1. The monoisotopic (exact) mass is 315 g/mol. The minimum Gasteiger partial charge on any atom is -0.493 e. The normalized spacial score (nSPS) is 12.3. The van der Waals surface area contributed by atoms with Crippen molar-refractivity contribution in [3.05, 3.63) is 22.7 Å². The van der Waals surface area contributed by atoms with E-state index in [2.05, 4.69) is 5.32 Å². The van der Waals surface area contributed by atoms with Crippen LogP contribution in [0, 0.1) is 5.92 Å². The van der Waals surface area contributed by atoms with Gasteiger partial charge in [-0.15, -0.1) is 0 Å². The Bertz CT molecular complexity index is 491. The zero-order chi connectivity index (χ0) is 16.0. The molecule has 6 heteroatoms. The highest BCUT2D eigenvalue weighted by molar-refractivity contribution is 6.33. The lowest BCUT2D eigenvalue weighted by Crippen LogP contribution is -2.37. The van der Waals surface area contributed by atoms with Crippen molar-refractivity contribution in [2.75, 3.05) is 14.2 Å². The van der Waals surface area contributed by atoms with Crippen LogP contribution < -0.4 is 14.8 Å². The maximum Gasteiger partial charge on any atom is 0.320 e. The summed E-state index contributed by atoms with van der Waals surface area (Å²) in [5.74, 6) is 0.428. The first-order valence-corrected chi connectivity index (χ1v) is 7.14. The van der Waals surface area contributed by atoms with E-state index in [-0.39, 0.29) is 0 Å². The highest BCUT2D eigenvalue weighted by Crippen LogP contribution is 2.37. The number of carbonyl (C=O) groups is 1. The van der Waals surface area contributed by atoms with Crippen LogP contribution >= 0.6 is 11.6 Å². The molecule has 0 saturated carbocycles. The molecule has 1 atom stereocenters. The van der Waals surface area contributed by atoms with Crippen molar-refractivity contribution in [1.29, 1.82) is 0 Å². The van der Waals surface area contributed by atoms with Gasteiger partial charge in [-0.25, -0.2) is 0 Å². The van der Waals surface area contributed by atoms with Gasteiger partial charge in [-0.1, -0.05) is 31.5 Å². The van der Waals surface area contributed by atoms with Crippen LogP contribution in [0.5, 0.6) is 11.5 Å². The molecule has 0 amide bonds. The second-order valence-electron chi connectivity index (χ2n) is 5.18. The number of hydrogen-bond donors (Lipinski definition) is 2. The van der Waals surface area contributed by atoms with Crippen molar-refractivity contribution in [2.24, 2.45) is 5.92 Å². The molecule has 118 valence electrons. The van der Waals surface area contributed by atoms with Gasteiger partial charge < -0.3 is 19.9 Å². The molecule has 1 unspecified atom stereocenters. The summed E-state index contributed by atoms with van der Waals surface area (Å²) in [7, 11) is 3.05. The summed E-state index contributed by atoms with van der Waals surface area (Å²) >= 11 is 6.27. The fraction of sp³-hybridized carbons (Fsp3) is 0.533. The largest absolute Gasteiger partial charge is 0.493 e. The van der Waals surface area contributed by atoms with Gasteiger partial charge in [0.15, 0.2) is 11.5 Å². The summed E-state index contributed by atoms with van der Waals surface area (Å²) in [5.41, 5.74) is 0.768. The lowest BCUT2D eigenvalue weighted by molar-refractivity contribution is -0.140. The van der Waals surface area contributed by atoms with Crippen molar-refractivity contribution < 1.29 is 19.4 Å². The maximum atomic E-state index is 11.2. The Morgan fingerprint density at radius 1 is 1.33 bits per heavy atom. The fourth-order valence-electron chi connectivity index (χ4n) is 2.04. The number of rotatable bonds is 8. The van der Waals surface area contributed by atoms with Crippen LogP contribution in [0.1, 0.15) is 25.8 Å². The van der Waals surface area contributed by atoms with Gasteiger partial charge in [0, 0.05) is 6.54 Å². The number of nitrogens with one attached hydrogen (secondary N) is 1. The van der Waals surface area contributed by atoms with Crippen LogP contribution in [0.4, 0.5) is 0 Å². The summed E-state index contributed by atoms with van der Waals surface area (Å²) < 4.78 is 10.4. The topological polar surface area (TPSA) is 67.8 Å². The van der Waals surface area contributed by atoms with Crippen molar-refractivity contribution in [3.8, 4) is 11.5 Å². The molecule has 0 radical (unpaired) electrons. The SMILES string of the molecule is COc1ccc(CNC(CC(C)C)C(=O)O)c(Cl)c1OC. The molecule has 21 heavy (non-hydrogen) atoms. The molecule has 0 saturated heterocycles. The third kappa shape index (κ3) is 4.79. The Balaban J connectivity index is 2.85. The van der Waals surface area contributed by atoms with E-state index in [1.54, 1.807) is 12.1 Å². The number of carboxylic acid groups (broad SMARTS) is 1. The molecule has 2 N–H and O–H groups in total. The van der Waals surface area contributed by atoms with Crippen LogP contribution in [0.3, 0.4) is 0 Å². The standard InChI is InChI=1S/C15H22ClNO4/c1-9(2)7-11(15(18)19)17-8-10-5-6-12(20-3)14(21-4)13(10)16/h5-6,9,11,17H,7-8H2,1-4H3,(H,18,19). The molecular formula is C15H22ClNO4. The second kappa shape index (κ2) is 8.10. The number of carboxylic acids is 1. The quantitative estimate of drug-likeness (QED) is 0.772. The van der Waals surface area contributed by atoms with E-state index in [0.717, 1.165) is 5.56 Å². The first-order chi connectivity index (χ1) is 9.90. The average Bonchev–Trinajstić information content (AvgIpc) is 2.43. The molecule has 0 spiro atoms. The van der Waals surface area contributed by atoms with Gasteiger partial charge in [0.05, 0.1) is 19.2 Å². The lowest BCUT2D eigenvalue weighted by Gasteiger charge is -2.18. The summed E-state index contributed by atoms with van der Waals surface area (Å²) in [4.78, 5) is 11.2. The van der Waals surface area contributed by atoms with Crippen molar-refractivity contribution >= 4 is 17.6 Å². The smallest absolute Gasteiger partial charge is 0.320 e. The van der Waals surface area contributed by atoms with Crippen molar-refractivity contribution in [2.45, 2.75) is 32.9 Å². The molecule has 0 heterocycles. The zero-order valence-electron chi connectivity index (χ0n) is 12.8. The maximum absolute atomic E-state index is 11.2. The van der Waals surface area contributed by atoms with Crippen LogP contribution in [-0.2, 0) is 11.3 Å². The molecular weight excluding hydrogens is 294 g/mol. The van der Waals surface area contributed by atoms with Gasteiger partial charge in [0.1, 0.15) is 6.04 Å². The summed E-state index contributed by atoms with van der Waals surface area (Å²) in [6.45, 7) is 4.32. The van der Waals surface area contributed by atoms with Crippen LogP contribution in [0.2, 0.25) is 5.02 Å². The van der Waals surface area contributed by atoms with Gasteiger partial charge >= 0.3 is 5.97 Å². The van der Waals surface area contributed by atoms with Gasteiger partial charge in [-0.05, 0) is 24.0 Å². The van der Waals surface area contributed by atoms with Crippen molar-refractivity contribution in [3.63, 3.8) is 0 Å². The van der Waals surface area contributed by atoms with E-state index in [9.17, 15) is 9.90 Å². The van der Waals surface area contributed by atoms with Gasteiger partial charge in [0.2, 0.25) is 0 Å². The van der Waals surface area contributed by atoms with E-state index in [4.69, 9.17) is 21.1 Å². The predicted octanol–water partition coefficient (Wildman–Crippen LogP) is 2.95. The zero-order valence-corrected chi connectivity index (χ0v) is 13.5. The first-order valence-electron chi connectivity index (χ1n) is 6.76. The number of halogens is 1. The number of aliphatic carboxylic acids is 1.